The van der Waals surface area contributed by atoms with Gasteiger partial charge in [0.2, 0.25) is 5.91 Å². The summed E-state index contributed by atoms with van der Waals surface area (Å²) in [6, 6.07) is 7.45. The van der Waals surface area contributed by atoms with E-state index < -0.39 is 0 Å². The maximum Gasteiger partial charge on any atom is 0.234 e. The first-order valence-electron chi connectivity index (χ1n) is 9.28. The number of hydrogen-bond acceptors (Lipinski definition) is 7. The summed E-state index contributed by atoms with van der Waals surface area (Å²) in [5.41, 5.74) is 8.26. The van der Waals surface area contributed by atoms with E-state index >= 15 is 0 Å². The topological polar surface area (TPSA) is 90.1 Å². The number of aromatic nitrogens is 2. The summed E-state index contributed by atoms with van der Waals surface area (Å²) in [5.74, 6) is 1.02. The molecule has 3 N–H and O–H groups in total. The van der Waals surface area contributed by atoms with E-state index in [1.807, 2.05) is 24.3 Å². The van der Waals surface area contributed by atoms with Crippen molar-refractivity contribution in [2.24, 2.45) is 5.92 Å². The Labute approximate surface area is 185 Å². The average molecular weight is 493 g/mol. The Bertz CT molecular complexity index is 1050. The molecule has 1 atom stereocenters. The zero-order chi connectivity index (χ0) is 20.5. The number of nitrogens with one attached hydrogen (secondary N) is 1. The predicted molar refractivity (Wildman–Crippen MR) is 122 cm³/mol. The molecule has 1 amide bonds. The molecule has 2 aromatic heterocycles. The molecule has 0 fully saturated rings. The van der Waals surface area contributed by atoms with Crippen LogP contribution in [-0.2, 0) is 22.6 Å². The second-order valence-electron chi connectivity index (χ2n) is 7.22. The van der Waals surface area contributed by atoms with Crippen LogP contribution >= 0.6 is 39.0 Å². The normalized spacial score (nSPS) is 16.2. The summed E-state index contributed by atoms with van der Waals surface area (Å²) in [7, 11) is 0. The quantitative estimate of drug-likeness (QED) is 0.390. The molecule has 3 heterocycles. The van der Waals surface area contributed by atoms with Crippen LogP contribution in [0.3, 0.4) is 0 Å². The molecule has 6 nitrogen and oxygen atoms in total. The molecule has 152 valence electrons. The van der Waals surface area contributed by atoms with Crippen molar-refractivity contribution in [2.75, 3.05) is 16.8 Å². The summed E-state index contributed by atoms with van der Waals surface area (Å²) in [6.07, 6.45) is 1.03. The van der Waals surface area contributed by atoms with Crippen molar-refractivity contribution in [3.63, 3.8) is 0 Å². The van der Waals surface area contributed by atoms with E-state index in [-0.39, 0.29) is 17.8 Å². The minimum atomic E-state index is -0.113. The minimum absolute atomic E-state index is 0.113. The molecule has 0 unspecified atom stereocenters. The van der Waals surface area contributed by atoms with Crippen molar-refractivity contribution in [1.29, 1.82) is 0 Å². The number of anilines is 2. The van der Waals surface area contributed by atoms with Gasteiger partial charge in [-0.05, 0) is 35.7 Å². The zero-order valence-electron chi connectivity index (χ0n) is 16.1. The van der Waals surface area contributed by atoms with Gasteiger partial charge in [0, 0.05) is 21.5 Å². The van der Waals surface area contributed by atoms with Crippen LogP contribution in [0.25, 0.3) is 10.2 Å². The highest BCUT2D eigenvalue weighted by Crippen LogP contribution is 2.39. The highest BCUT2D eigenvalue weighted by Gasteiger charge is 2.27. The fourth-order valence-electron chi connectivity index (χ4n) is 3.24. The monoisotopic (exact) mass is 492 g/mol. The smallest absolute Gasteiger partial charge is 0.234 e. The van der Waals surface area contributed by atoms with E-state index in [0.29, 0.717) is 23.5 Å². The van der Waals surface area contributed by atoms with Crippen LogP contribution in [-0.4, -0.2) is 27.7 Å². The minimum Gasteiger partial charge on any atom is -0.383 e. The maximum atomic E-state index is 12.2. The van der Waals surface area contributed by atoms with Gasteiger partial charge in [0.15, 0.2) is 5.16 Å². The molecule has 4 rings (SSSR count). The van der Waals surface area contributed by atoms with Gasteiger partial charge in [-0.25, -0.2) is 9.97 Å². The number of nitrogens with two attached hydrogens (primary N) is 1. The first-order valence-corrected chi connectivity index (χ1v) is 11.9. The first-order chi connectivity index (χ1) is 13.9. The lowest BCUT2D eigenvalue weighted by atomic mass is 9.96. The second kappa shape index (κ2) is 8.59. The van der Waals surface area contributed by atoms with Crippen molar-refractivity contribution in [3.8, 4) is 0 Å². The number of thioether (sulfide) groups is 1. The number of ether oxygens (including phenoxy) is 1. The summed E-state index contributed by atoms with van der Waals surface area (Å²) in [5, 5.41) is 4.33. The Morgan fingerprint density at radius 1 is 1.38 bits per heavy atom. The van der Waals surface area contributed by atoms with Crippen LogP contribution in [0.5, 0.6) is 0 Å². The fourth-order valence-corrected chi connectivity index (χ4v) is 5.34. The van der Waals surface area contributed by atoms with Crippen molar-refractivity contribution < 1.29 is 9.53 Å². The van der Waals surface area contributed by atoms with E-state index in [0.717, 1.165) is 26.8 Å². The van der Waals surface area contributed by atoms with E-state index in [2.05, 4.69) is 45.1 Å². The molecule has 0 radical (unpaired) electrons. The van der Waals surface area contributed by atoms with Crippen LogP contribution in [0, 0.1) is 5.92 Å². The lowest BCUT2D eigenvalue weighted by Gasteiger charge is -2.26. The molecule has 9 heteroatoms. The van der Waals surface area contributed by atoms with Crippen LogP contribution in [0.15, 0.2) is 33.9 Å². The molecule has 0 saturated carbocycles. The second-order valence-corrected chi connectivity index (χ2v) is 10.2. The number of benzene rings is 1. The number of halogens is 1. The molecule has 1 aliphatic heterocycles. The van der Waals surface area contributed by atoms with Crippen LogP contribution < -0.4 is 11.1 Å². The van der Waals surface area contributed by atoms with Gasteiger partial charge < -0.3 is 15.8 Å². The van der Waals surface area contributed by atoms with Crippen LogP contribution in [0.1, 0.15) is 24.3 Å². The Morgan fingerprint density at radius 2 is 2.14 bits per heavy atom. The molecule has 29 heavy (non-hydrogen) atoms. The van der Waals surface area contributed by atoms with E-state index in [1.165, 1.54) is 22.2 Å². The van der Waals surface area contributed by atoms with E-state index in [4.69, 9.17) is 10.5 Å². The molecule has 0 saturated heterocycles. The maximum absolute atomic E-state index is 12.2. The Morgan fingerprint density at radius 3 is 2.86 bits per heavy atom. The Balaban J connectivity index is 1.48. The summed E-state index contributed by atoms with van der Waals surface area (Å²) in [4.78, 5) is 23.4. The van der Waals surface area contributed by atoms with Gasteiger partial charge in [-0.1, -0.05) is 41.5 Å². The van der Waals surface area contributed by atoms with E-state index in [9.17, 15) is 4.79 Å². The van der Waals surface area contributed by atoms with Crippen molar-refractivity contribution in [1.82, 2.24) is 9.97 Å². The highest BCUT2D eigenvalue weighted by molar-refractivity contribution is 9.10. The molecule has 0 bridgehead atoms. The Hall–Kier alpha value is -1.68. The number of amides is 1. The first kappa shape index (κ1) is 20.6. The molecule has 3 aromatic rings. The summed E-state index contributed by atoms with van der Waals surface area (Å²) < 4.78 is 6.93. The zero-order valence-corrected chi connectivity index (χ0v) is 19.3. The lowest BCUT2D eigenvalue weighted by Crippen LogP contribution is -2.26. The van der Waals surface area contributed by atoms with Crippen LogP contribution in [0.2, 0.25) is 0 Å². The number of nitrogen functional groups attached to an aromatic ring is 1. The van der Waals surface area contributed by atoms with Gasteiger partial charge in [-0.15, -0.1) is 11.3 Å². The van der Waals surface area contributed by atoms with Crippen molar-refractivity contribution >= 4 is 66.7 Å². The van der Waals surface area contributed by atoms with Crippen molar-refractivity contribution in [2.45, 2.75) is 38.1 Å². The lowest BCUT2D eigenvalue weighted by molar-refractivity contribution is -0.113. The highest BCUT2D eigenvalue weighted by atomic mass is 79.9. The van der Waals surface area contributed by atoms with Gasteiger partial charge in [0.05, 0.1) is 23.8 Å². The average Bonchev–Trinajstić information content (AvgIpc) is 3.06. The van der Waals surface area contributed by atoms with Gasteiger partial charge >= 0.3 is 0 Å². The molecule has 0 aliphatic carbocycles. The molecular formula is C20H21BrN4O2S2. The number of carbonyl (C=O) groups excluding carboxylic acids is 1. The van der Waals surface area contributed by atoms with E-state index in [1.54, 1.807) is 11.3 Å². The summed E-state index contributed by atoms with van der Waals surface area (Å²) in [6.45, 7) is 4.92. The third-order valence-corrected chi connectivity index (χ3v) is 7.25. The number of carbonyl (C=O) groups is 1. The van der Waals surface area contributed by atoms with Gasteiger partial charge in [0.1, 0.15) is 10.6 Å². The number of rotatable bonds is 5. The molecule has 1 aliphatic rings. The number of nitrogens with zero attached hydrogens (tertiary/aromatic N) is 2. The van der Waals surface area contributed by atoms with Crippen LogP contribution in [0.4, 0.5) is 11.5 Å². The predicted octanol–water partition coefficient (Wildman–Crippen LogP) is 4.86. The fraction of sp³-hybridized carbons (Fsp3) is 0.350. The van der Waals surface area contributed by atoms with Gasteiger partial charge in [-0.3, -0.25) is 4.79 Å². The SMILES string of the molecule is CC(C)[C@H]1Cc2c(sc3nc(SCC(=O)Nc4ccc(Br)cc4)nc(N)c23)CO1. The Kier molecular flexibility index (Phi) is 6.10. The number of thiophene rings is 1. The third-order valence-electron chi connectivity index (χ3n) is 4.78. The van der Waals surface area contributed by atoms with Crippen molar-refractivity contribution in [3.05, 3.63) is 39.2 Å². The molecule has 1 aromatic carbocycles. The molecule has 0 spiro atoms. The van der Waals surface area contributed by atoms with Gasteiger partial charge in [-0.2, -0.15) is 0 Å². The third kappa shape index (κ3) is 4.58. The number of fused-ring (bicyclic) bond motifs is 3. The summed E-state index contributed by atoms with van der Waals surface area (Å²) >= 11 is 6.27. The molecular weight excluding hydrogens is 472 g/mol. The largest absolute Gasteiger partial charge is 0.383 e. The van der Waals surface area contributed by atoms with Gasteiger partial charge in [0.25, 0.3) is 0 Å². The standard InChI is InChI=1S/C20H21BrN4O2S2/c1-10(2)14-7-13-15(8-27-14)29-19-17(13)18(22)24-20(25-19)28-9-16(26)23-12-5-3-11(21)4-6-12/h3-6,10,14H,7-9H2,1-2H3,(H,23,26)(H2,22,24,25)/t14-/m1/s1. The number of hydrogen-bond donors (Lipinski definition) is 2.